The van der Waals surface area contributed by atoms with Gasteiger partial charge < -0.3 is 179 Å². The smallest absolute Gasteiger partial charge is 0.321 e. The van der Waals surface area contributed by atoms with Gasteiger partial charge in [-0.1, -0.05) is 0 Å². The molecule has 0 amide bonds. The number of likely N-dealkylation sites (tertiary alicyclic amines) is 1. The first-order valence-corrected chi connectivity index (χ1v) is 30.6. The molecule has 0 radical (unpaired) electrons. The Morgan fingerprint density at radius 2 is 0.600 bits per heavy atom. The van der Waals surface area contributed by atoms with Gasteiger partial charge in [-0.05, 0) is 6.42 Å². The predicted molar refractivity (Wildman–Crippen MR) is 280 cm³/mol. The Morgan fingerprint density at radius 3 is 0.822 bits per heavy atom. The lowest BCUT2D eigenvalue weighted by Gasteiger charge is -2.50. The molecular weight excluding hydrogens is 1250 g/mol. The van der Waals surface area contributed by atoms with E-state index in [-0.39, 0.29) is 13.1 Å². The zero-order valence-corrected chi connectivity index (χ0v) is 48.8. The molecular formula is C49H84N4O36S. The summed E-state index contributed by atoms with van der Waals surface area (Å²) in [5.74, 6) is 0.327. The molecule has 0 saturated carbocycles. The van der Waals surface area contributed by atoms with Gasteiger partial charge in [-0.3, -0.25) is 0 Å². The van der Waals surface area contributed by atoms with Gasteiger partial charge in [0.15, 0.2) is 44.0 Å². The highest BCUT2D eigenvalue weighted by molar-refractivity contribution is 7.88. The van der Waals surface area contributed by atoms with Crippen molar-refractivity contribution in [2.75, 3.05) is 72.9 Å². The van der Waals surface area contributed by atoms with Crippen LogP contribution in [0.1, 0.15) is 12.8 Å². The van der Waals surface area contributed by atoms with E-state index in [2.05, 4.69) is 14.4 Å². The van der Waals surface area contributed by atoms with Crippen LogP contribution in [0, 0.1) is 0 Å². The molecule has 0 spiro atoms. The topological polar surface area (TPSA) is 608 Å². The first-order chi connectivity index (χ1) is 42.8. The van der Waals surface area contributed by atoms with Crippen molar-refractivity contribution in [3.05, 3.63) is 0 Å². The van der Waals surface area contributed by atoms with E-state index >= 15 is 0 Å². The molecule has 40 nitrogen and oxygen atoms in total. The third-order valence-corrected chi connectivity index (χ3v) is 18.1. The van der Waals surface area contributed by atoms with E-state index in [0.29, 0.717) is 25.2 Å². The molecule has 0 aromatic rings. The van der Waals surface area contributed by atoms with E-state index in [1.54, 1.807) is 11.9 Å². The standard InChI is InChI=1S/C49H84N4O36S/c1-53-6-2-3-21(53)52-90(74,75)51-5-4-50-7-14-36-22(60)29(67)43(76-14)84-37-15(8-54)78-45(31(69)24(37)62)86-39-17(10-56)80-47(33(71)26(39)64)88-41-19(12-58)82-49(35(73)28(41)66)89-42-20(13-59)81-48(34(72)27(42)65)87-40-18(11-57)79-46(32(70)25(40)63)85-38-16(9-55)77-44(83-36)30(68)23(38)61/h14-20,22-51,54-73H,2-13H2,1H3/b52-21-/t14-,15-,16-,17-,18-,19-,20-,22-,23-,24-,25-,26-,27-,28-,29-,30-,31-,32-,33-,34-,35-,36-,37-,38-,39-,40-,41-,42-,43-,44-,45-,46-,47-,48-,49-/m1/s1. The highest BCUT2D eigenvalue weighted by atomic mass is 32.2. The van der Waals surface area contributed by atoms with Gasteiger partial charge in [0.1, 0.15) is 177 Å². The van der Waals surface area contributed by atoms with Crippen LogP contribution in [-0.4, -0.2) is 409 Å². The first-order valence-electron chi connectivity index (χ1n) is 29.1. The summed E-state index contributed by atoms with van der Waals surface area (Å²) in [5, 5.41) is 227. The summed E-state index contributed by atoms with van der Waals surface area (Å²) in [6, 6.07) is 0. The Morgan fingerprint density at radius 1 is 0.367 bits per heavy atom. The molecule has 22 heterocycles. The zero-order chi connectivity index (χ0) is 65.4. The Kier molecular flexibility index (Phi) is 24.9. The van der Waals surface area contributed by atoms with Crippen LogP contribution >= 0.6 is 0 Å². The number of hydrogen-bond donors (Lipinski definition) is 22. The lowest BCUT2D eigenvalue weighted by Crippen LogP contribution is -2.68. The van der Waals surface area contributed by atoms with Crippen LogP contribution in [-0.2, 0) is 76.5 Å². The van der Waals surface area contributed by atoms with Crippen molar-refractivity contribution in [3.8, 4) is 0 Å². The highest BCUT2D eigenvalue weighted by Crippen LogP contribution is 2.39. The fraction of sp³-hybridized carbons (Fsp3) is 0.980. The van der Waals surface area contributed by atoms with Crippen LogP contribution in [0.2, 0.25) is 0 Å². The molecule has 22 fully saturated rings. The molecule has 522 valence electrons. The van der Waals surface area contributed by atoms with Crippen LogP contribution in [0.25, 0.3) is 0 Å². The van der Waals surface area contributed by atoms with E-state index in [9.17, 15) is 111 Å². The van der Waals surface area contributed by atoms with Gasteiger partial charge in [0, 0.05) is 39.6 Å². The Hall–Kier alpha value is -2.02. The molecule has 22 N–H and O–H groups in total. The fourth-order valence-electron chi connectivity index (χ4n) is 12.0. The van der Waals surface area contributed by atoms with Crippen LogP contribution in [0.4, 0.5) is 0 Å². The van der Waals surface area contributed by atoms with Crippen molar-refractivity contribution >= 4 is 16.0 Å². The fourth-order valence-corrected chi connectivity index (χ4v) is 13.0. The molecule has 0 aliphatic carbocycles. The summed E-state index contributed by atoms with van der Waals surface area (Å²) >= 11 is 0. The number of rotatable bonds is 13. The summed E-state index contributed by atoms with van der Waals surface area (Å²) in [6.45, 7) is -6.77. The van der Waals surface area contributed by atoms with E-state index in [1.807, 2.05) is 0 Å². The van der Waals surface area contributed by atoms with Crippen LogP contribution in [0.15, 0.2) is 4.40 Å². The lowest BCUT2D eigenvalue weighted by atomic mass is 9.95. The van der Waals surface area contributed by atoms with Gasteiger partial charge >= 0.3 is 10.2 Å². The molecule has 22 rings (SSSR count). The van der Waals surface area contributed by atoms with E-state index in [4.69, 9.17) is 66.3 Å². The average molecular weight is 1340 g/mol. The highest BCUT2D eigenvalue weighted by Gasteiger charge is 2.59. The minimum Gasteiger partial charge on any atom is -0.394 e. The first kappa shape index (κ1) is 72.3. The summed E-state index contributed by atoms with van der Waals surface area (Å²) in [4.78, 5) is 1.67. The largest absolute Gasteiger partial charge is 0.394 e. The van der Waals surface area contributed by atoms with Crippen molar-refractivity contribution in [3.63, 3.8) is 0 Å². The van der Waals surface area contributed by atoms with Crippen molar-refractivity contribution in [2.45, 2.75) is 228 Å². The number of ether oxygens (including phenoxy) is 14. The molecule has 0 aromatic carbocycles. The van der Waals surface area contributed by atoms with Crippen molar-refractivity contribution in [1.82, 2.24) is 14.9 Å². The second-order valence-electron chi connectivity index (χ2n) is 23.1. The third kappa shape index (κ3) is 15.2. The van der Waals surface area contributed by atoms with E-state index < -0.39 is 271 Å². The third-order valence-electron chi connectivity index (χ3n) is 17.1. The van der Waals surface area contributed by atoms with Crippen LogP contribution in [0.3, 0.4) is 0 Å². The van der Waals surface area contributed by atoms with Crippen molar-refractivity contribution in [1.29, 1.82) is 0 Å². The number of hydrogen-bond acceptors (Lipinski definition) is 37. The number of aliphatic hydroxyl groups is 20. The zero-order valence-electron chi connectivity index (χ0n) is 48.0. The van der Waals surface area contributed by atoms with Crippen LogP contribution in [0.5, 0.6) is 0 Å². The molecule has 35 atom stereocenters. The second kappa shape index (κ2) is 31.0. The Bertz CT molecular complexity index is 2390. The second-order valence-corrected chi connectivity index (χ2v) is 24.5. The monoisotopic (exact) mass is 1340 g/mol. The molecule has 41 heteroatoms. The number of nitrogens with zero attached hydrogens (tertiary/aromatic N) is 2. The van der Waals surface area contributed by atoms with Gasteiger partial charge in [0.2, 0.25) is 0 Å². The Labute approximate surface area is 511 Å². The lowest BCUT2D eigenvalue weighted by molar-refractivity contribution is -0.396. The summed E-state index contributed by atoms with van der Waals surface area (Å²) in [6.07, 6.45) is -70.0. The number of amidine groups is 1. The number of nitrogens with one attached hydrogen (secondary N) is 2. The van der Waals surface area contributed by atoms with Gasteiger partial charge in [-0.15, -0.1) is 4.40 Å². The maximum absolute atomic E-state index is 12.8. The van der Waals surface area contributed by atoms with Crippen molar-refractivity contribution < 1.29 is 177 Å². The molecule has 22 aliphatic heterocycles. The normalized spacial score (nSPS) is 50.7. The van der Waals surface area contributed by atoms with Gasteiger partial charge in [-0.2, -0.15) is 13.1 Å². The van der Waals surface area contributed by atoms with E-state index in [1.165, 1.54) is 0 Å². The average Bonchev–Trinajstić information content (AvgIpc) is 0.865. The van der Waals surface area contributed by atoms with Gasteiger partial charge in [0.25, 0.3) is 0 Å². The molecule has 0 unspecified atom stereocenters. The van der Waals surface area contributed by atoms with Crippen LogP contribution < -0.4 is 10.0 Å². The molecule has 22 aliphatic rings. The maximum atomic E-state index is 12.8. The minimum absolute atomic E-state index is 0.192. The molecule has 90 heavy (non-hydrogen) atoms. The van der Waals surface area contributed by atoms with E-state index in [0.717, 1.165) is 0 Å². The summed E-state index contributed by atoms with van der Waals surface area (Å²) in [5.41, 5.74) is 0. The van der Waals surface area contributed by atoms with Gasteiger partial charge in [-0.25, -0.2) is 0 Å². The quantitative estimate of drug-likeness (QED) is 0.0762. The molecule has 22 saturated heterocycles. The SMILES string of the molecule is CN1CCC/C1=N/S(=O)(=O)NCCNC[C@H]1O[C@@H]2O[C@H]3[C@H](O)[C@@H](O)[C@@H](O[C@H]4[C@H](O)[C@@H](O)[C@@H](O[C@H]5[C@H](O)[C@@H](O)[C@@H](O[C@H]6[C@H](O)[C@@H](O)[C@@H](O[C@H]7[C@H](O)[C@@H](O)[C@@H](O[C@H]8[C@H](O)[C@@H](O)[C@@H](O[C@H]1[C@H](O)[C@H]2O)O[C@@H]8CO)O[C@@H]7CO)O[C@@H]6CO)O[C@@H]5CO)O[C@@H]4CO)O[C@@H]3CO. The minimum atomic E-state index is -4.21. The predicted octanol–water partition coefficient (Wildman–Crippen LogP) is -15.7. The molecule has 0 aromatic heterocycles. The summed E-state index contributed by atoms with van der Waals surface area (Å²) < 4.78 is 113. The Balaban J connectivity index is 0.994. The van der Waals surface area contributed by atoms with Crippen molar-refractivity contribution in [2.24, 2.45) is 4.40 Å². The number of aliphatic hydroxyl groups excluding tert-OH is 20. The summed E-state index contributed by atoms with van der Waals surface area (Å²) in [7, 11) is -2.54. The molecule has 14 bridgehead atoms. The maximum Gasteiger partial charge on any atom is 0.321 e. The van der Waals surface area contributed by atoms with Gasteiger partial charge in [0.05, 0.1) is 39.6 Å².